The summed E-state index contributed by atoms with van der Waals surface area (Å²) in [4.78, 5) is 0. The summed E-state index contributed by atoms with van der Waals surface area (Å²) in [7, 11) is -0.877. The van der Waals surface area contributed by atoms with Crippen molar-refractivity contribution in [3.8, 4) is 5.75 Å². The molecule has 1 heterocycles. The average Bonchev–Trinajstić information content (AvgIpc) is 3.56. The van der Waals surface area contributed by atoms with E-state index in [4.69, 9.17) is 4.42 Å². The van der Waals surface area contributed by atoms with Gasteiger partial charge in [0.25, 0.3) is 0 Å². The minimum atomic E-state index is -0.877. The number of hydrogen-bond donors (Lipinski definition) is 0. The Morgan fingerprint density at radius 1 is 0.634 bits per heavy atom. The fourth-order valence-electron chi connectivity index (χ4n) is 4.31. The summed E-state index contributed by atoms with van der Waals surface area (Å²) in [6.07, 6.45) is 2.68. The molecule has 0 saturated heterocycles. The summed E-state index contributed by atoms with van der Waals surface area (Å²) in [5.41, 5.74) is 0.407. The molecule has 5 aromatic carbocycles. The van der Waals surface area contributed by atoms with Crippen LogP contribution in [0.1, 0.15) is 11.3 Å². The van der Waals surface area contributed by atoms with Crippen LogP contribution in [0, 0.1) is 0 Å². The maximum absolute atomic E-state index is 11.9. The van der Waals surface area contributed by atoms with Gasteiger partial charge in [0.2, 0.25) is 0 Å². The van der Waals surface area contributed by atoms with E-state index in [1.54, 1.807) is 12.1 Å². The van der Waals surface area contributed by atoms with Crippen molar-refractivity contribution in [1.29, 1.82) is 0 Å². The van der Waals surface area contributed by atoms with Crippen LogP contribution in [0.15, 0.2) is 160 Å². The smallest absolute Gasteiger partial charge is 0.872 e. The van der Waals surface area contributed by atoms with Gasteiger partial charge in [-0.1, -0.05) is 96.7 Å². The Balaban J connectivity index is 0.000000185. The molecule has 0 fully saturated rings. The molecule has 6 aromatic rings. The zero-order valence-corrected chi connectivity index (χ0v) is 24.4. The molecule has 0 spiro atoms. The normalized spacial score (nSPS) is 11.2. The van der Waals surface area contributed by atoms with Crippen molar-refractivity contribution in [1.82, 2.24) is 0 Å². The second kappa shape index (κ2) is 14.9. The fourth-order valence-corrected chi connectivity index (χ4v) is 6.89. The number of furan rings is 1. The van der Waals surface area contributed by atoms with Crippen molar-refractivity contribution in [2.24, 2.45) is 10.2 Å². The van der Waals surface area contributed by atoms with E-state index < -0.39 is 13.8 Å². The Morgan fingerprint density at radius 2 is 1.17 bits per heavy atom. The van der Waals surface area contributed by atoms with Gasteiger partial charge in [-0.05, 0) is 64.9 Å². The second-order valence-electron chi connectivity index (χ2n) is 8.80. The zero-order chi connectivity index (χ0) is 27.6. The monoisotopic (exact) mass is 647 g/mol. The van der Waals surface area contributed by atoms with Crippen LogP contribution in [0.2, 0.25) is 0 Å². The maximum Gasteiger partial charge on any atom is 2.00 e. The summed E-state index contributed by atoms with van der Waals surface area (Å²) >= 11 is 0. The van der Waals surface area contributed by atoms with Crippen LogP contribution in [-0.2, 0) is 20.4 Å². The van der Waals surface area contributed by atoms with Crippen LogP contribution in [0.25, 0.3) is 10.8 Å². The SMILES string of the molecule is [O-]/C(=N\N=C\c1c([O-])ccc2ccccc12)c1ccco1.[Pd+2].c1ccc([PH+](c2ccccc2)c2ccccc2)cc1. The Bertz CT molecular complexity index is 1620. The molecule has 0 aliphatic heterocycles. The van der Waals surface area contributed by atoms with E-state index in [9.17, 15) is 10.2 Å². The molecule has 5 nitrogen and oxygen atoms in total. The molecule has 7 heteroatoms. The van der Waals surface area contributed by atoms with Gasteiger partial charge in [0.15, 0.2) is 0 Å². The van der Waals surface area contributed by atoms with Gasteiger partial charge in [-0.2, -0.15) is 10.2 Å². The number of benzene rings is 5. The molecule has 0 atom stereocenters. The molecule has 0 unspecified atom stereocenters. The van der Waals surface area contributed by atoms with Crippen LogP contribution in [0.4, 0.5) is 0 Å². The molecule has 0 bridgehead atoms. The molecule has 0 aliphatic carbocycles. The number of hydrogen-bond acceptors (Lipinski definition) is 5. The quantitative estimate of drug-likeness (QED) is 0.0855. The molecule has 0 saturated carbocycles. The molecule has 0 N–H and O–H groups in total. The van der Waals surface area contributed by atoms with Crippen molar-refractivity contribution in [2.75, 3.05) is 0 Å². The maximum atomic E-state index is 11.9. The number of nitrogens with zero attached hydrogens (tertiary/aromatic N) is 2. The van der Waals surface area contributed by atoms with Gasteiger partial charge in [-0.25, -0.2) is 0 Å². The van der Waals surface area contributed by atoms with Gasteiger partial charge in [0.1, 0.15) is 21.7 Å². The Labute approximate surface area is 253 Å². The van der Waals surface area contributed by atoms with Crippen LogP contribution in [-0.4, -0.2) is 12.1 Å². The van der Waals surface area contributed by atoms with Crippen LogP contribution in [0.3, 0.4) is 0 Å². The van der Waals surface area contributed by atoms with Gasteiger partial charge in [-0.15, -0.1) is 0 Å². The van der Waals surface area contributed by atoms with Crippen molar-refractivity contribution in [2.45, 2.75) is 0 Å². The summed E-state index contributed by atoms with van der Waals surface area (Å²) in [5, 5.41) is 36.7. The third kappa shape index (κ3) is 7.66. The summed E-state index contributed by atoms with van der Waals surface area (Å²) in [5.74, 6) is -0.658. The van der Waals surface area contributed by atoms with Crippen molar-refractivity contribution < 1.29 is 35.1 Å². The van der Waals surface area contributed by atoms with Gasteiger partial charge in [-0.3, -0.25) is 0 Å². The van der Waals surface area contributed by atoms with E-state index in [1.807, 2.05) is 24.3 Å². The molecular weight excluding hydrogens is 622 g/mol. The molecule has 0 amide bonds. The molecule has 0 aliphatic rings. The van der Waals surface area contributed by atoms with Gasteiger partial charge >= 0.3 is 20.4 Å². The zero-order valence-electron chi connectivity index (χ0n) is 21.9. The summed E-state index contributed by atoms with van der Waals surface area (Å²) in [6, 6.07) is 46.3. The van der Waals surface area contributed by atoms with E-state index in [-0.39, 0.29) is 31.9 Å². The first-order chi connectivity index (χ1) is 19.7. The van der Waals surface area contributed by atoms with Gasteiger partial charge < -0.3 is 14.6 Å². The Morgan fingerprint density at radius 3 is 1.71 bits per heavy atom. The van der Waals surface area contributed by atoms with Crippen molar-refractivity contribution >= 4 is 46.7 Å². The minimum absolute atomic E-state index is 0. The number of rotatable bonds is 6. The third-order valence-electron chi connectivity index (χ3n) is 6.19. The van der Waals surface area contributed by atoms with E-state index in [1.165, 1.54) is 40.5 Å². The first-order valence-electron chi connectivity index (χ1n) is 12.7. The van der Waals surface area contributed by atoms with E-state index in [2.05, 4.69) is 101 Å². The molecule has 204 valence electrons. The van der Waals surface area contributed by atoms with Crippen LogP contribution in [0.5, 0.6) is 5.75 Å². The van der Waals surface area contributed by atoms with E-state index in [0.717, 1.165) is 10.8 Å². The van der Waals surface area contributed by atoms with E-state index in [0.29, 0.717) is 5.56 Å². The molecular formula is C34H26N2O3PPd+. The molecule has 1 aromatic heterocycles. The Kier molecular flexibility index (Phi) is 10.8. The van der Waals surface area contributed by atoms with Crippen molar-refractivity contribution in [3.63, 3.8) is 0 Å². The standard InChI is InChI=1S/C18H15P.C16H12N2O3.Pd/c1-4-10-16(11-5-1)19(17-12-6-2-7-13-17)18-14-8-3-9-15-18;19-14-8-7-11-4-1-2-5-12(11)13(14)10-17-18-16(20)15-6-3-9-21-15;/h1-15H;1-10,19H,(H,18,20);/q;;+2/p-1/b;17-10+;. The Hall–Kier alpha value is -4.33. The predicted molar refractivity (Wildman–Crippen MR) is 163 cm³/mol. The summed E-state index contributed by atoms with van der Waals surface area (Å²) < 4.78 is 4.91. The fraction of sp³-hybridized carbons (Fsp3) is 0. The first-order valence-corrected chi connectivity index (χ1v) is 14.2. The molecule has 6 rings (SSSR count). The second-order valence-corrected chi connectivity index (χ2v) is 11.3. The molecule has 0 radical (unpaired) electrons. The summed E-state index contributed by atoms with van der Waals surface area (Å²) in [6.45, 7) is 0. The van der Waals surface area contributed by atoms with Gasteiger partial charge in [0, 0.05) is 0 Å². The minimum Gasteiger partial charge on any atom is -0.872 e. The first kappa shape index (κ1) is 29.7. The topological polar surface area (TPSA) is 84.0 Å². The average molecular weight is 648 g/mol. The third-order valence-corrected chi connectivity index (χ3v) is 8.92. The van der Waals surface area contributed by atoms with E-state index >= 15 is 0 Å². The van der Waals surface area contributed by atoms with Crippen LogP contribution >= 0.6 is 7.92 Å². The van der Waals surface area contributed by atoms with Crippen molar-refractivity contribution in [3.05, 3.63) is 157 Å². The van der Waals surface area contributed by atoms with Gasteiger partial charge in [0.05, 0.1) is 26.3 Å². The van der Waals surface area contributed by atoms with Crippen LogP contribution < -0.4 is 26.1 Å². The predicted octanol–water partition coefficient (Wildman–Crippen LogP) is 4.82. The molecule has 41 heavy (non-hydrogen) atoms. The number of fused-ring (bicyclic) bond motifs is 1. The largest absolute Gasteiger partial charge is 2.00 e.